The summed E-state index contributed by atoms with van der Waals surface area (Å²) < 4.78 is 2.33. The molecular weight excluding hydrogens is 236 g/mol. The molecule has 1 fully saturated rings. The van der Waals surface area contributed by atoms with E-state index < -0.39 is 0 Å². The molecule has 0 radical (unpaired) electrons. The quantitative estimate of drug-likeness (QED) is 0.820. The topological polar surface area (TPSA) is 34.0 Å². The highest BCUT2D eigenvalue weighted by atomic mass is 16.2. The van der Waals surface area contributed by atoms with Crippen LogP contribution in [-0.2, 0) is 11.3 Å². The van der Waals surface area contributed by atoms with Gasteiger partial charge >= 0.3 is 0 Å². The number of fused-ring (bicyclic) bond motifs is 1. The highest BCUT2D eigenvalue weighted by molar-refractivity contribution is 5.81. The summed E-state index contributed by atoms with van der Waals surface area (Å²) in [6.07, 6.45) is 3.14. The molecule has 1 saturated carbocycles. The average Bonchev–Trinajstić information content (AvgIpc) is 3.20. The van der Waals surface area contributed by atoms with E-state index in [1.807, 2.05) is 0 Å². The van der Waals surface area contributed by atoms with Gasteiger partial charge in [-0.3, -0.25) is 4.79 Å². The van der Waals surface area contributed by atoms with Crippen molar-refractivity contribution in [2.75, 3.05) is 6.54 Å². The number of hydrogen-bond donors (Lipinski definition) is 1. The van der Waals surface area contributed by atoms with Crippen molar-refractivity contribution in [3.8, 4) is 0 Å². The van der Waals surface area contributed by atoms with Crippen molar-refractivity contribution in [3.05, 3.63) is 36.0 Å². The zero-order chi connectivity index (χ0) is 13.2. The summed E-state index contributed by atoms with van der Waals surface area (Å²) >= 11 is 0. The summed E-state index contributed by atoms with van der Waals surface area (Å²) in [5.74, 6) is 0.559. The molecule has 3 rings (SSSR count). The lowest BCUT2D eigenvalue weighted by Crippen LogP contribution is -2.26. The zero-order valence-corrected chi connectivity index (χ0v) is 11.4. The van der Waals surface area contributed by atoms with E-state index in [0.29, 0.717) is 5.92 Å². The van der Waals surface area contributed by atoms with Crippen LogP contribution in [0.1, 0.15) is 25.0 Å². The first-order chi connectivity index (χ1) is 9.25. The lowest BCUT2D eigenvalue weighted by molar-refractivity contribution is -0.122. The van der Waals surface area contributed by atoms with Gasteiger partial charge in [-0.1, -0.05) is 18.2 Å². The van der Waals surface area contributed by atoms with Gasteiger partial charge in [-0.15, -0.1) is 0 Å². The van der Waals surface area contributed by atoms with Crippen LogP contribution in [0.25, 0.3) is 10.9 Å². The summed E-state index contributed by atoms with van der Waals surface area (Å²) in [5, 5.41) is 4.32. The Hall–Kier alpha value is -1.77. The fourth-order valence-corrected chi connectivity index (χ4v) is 2.58. The molecular formula is C16H20N2O. The van der Waals surface area contributed by atoms with Crippen LogP contribution in [0.5, 0.6) is 0 Å². The minimum absolute atomic E-state index is 0.245. The molecule has 0 aliphatic heterocycles. The third-order valence-electron chi connectivity index (χ3n) is 3.82. The molecule has 1 aromatic heterocycles. The fraction of sp³-hybridized carbons (Fsp3) is 0.438. The molecule has 0 bridgehead atoms. The second-order valence-electron chi connectivity index (χ2n) is 5.42. The zero-order valence-electron chi connectivity index (χ0n) is 11.4. The minimum Gasteiger partial charge on any atom is -0.356 e. The van der Waals surface area contributed by atoms with Gasteiger partial charge in [0.1, 0.15) is 0 Å². The molecule has 3 nitrogen and oxygen atoms in total. The van der Waals surface area contributed by atoms with Gasteiger partial charge in [0.2, 0.25) is 5.91 Å². The number of rotatable bonds is 5. The number of hydrogen-bond acceptors (Lipinski definition) is 1. The molecule has 19 heavy (non-hydrogen) atoms. The Labute approximate surface area is 113 Å². The van der Waals surface area contributed by atoms with Gasteiger partial charge in [0.05, 0.1) is 0 Å². The third kappa shape index (κ3) is 2.65. The van der Waals surface area contributed by atoms with Gasteiger partial charge in [-0.05, 0) is 43.7 Å². The largest absolute Gasteiger partial charge is 0.356 e. The summed E-state index contributed by atoms with van der Waals surface area (Å²) in [6, 6.07) is 10.7. The number of aryl methyl sites for hydroxylation is 2. The van der Waals surface area contributed by atoms with Crippen LogP contribution >= 0.6 is 0 Å². The van der Waals surface area contributed by atoms with E-state index in [9.17, 15) is 4.79 Å². The Bertz CT molecular complexity index is 596. The Morgan fingerprint density at radius 3 is 2.95 bits per heavy atom. The molecule has 100 valence electrons. The number of nitrogens with one attached hydrogen (secondary N) is 1. The molecule has 1 aliphatic carbocycles. The van der Waals surface area contributed by atoms with Gasteiger partial charge < -0.3 is 9.88 Å². The molecule has 0 atom stereocenters. The number of para-hydroxylation sites is 1. The van der Waals surface area contributed by atoms with Crippen LogP contribution in [0.3, 0.4) is 0 Å². The summed E-state index contributed by atoms with van der Waals surface area (Å²) in [5.41, 5.74) is 2.57. The predicted octanol–water partition coefficient (Wildman–Crippen LogP) is 2.87. The van der Waals surface area contributed by atoms with Crippen LogP contribution in [0.4, 0.5) is 0 Å². The van der Waals surface area contributed by atoms with Gasteiger partial charge in [0.15, 0.2) is 0 Å². The highest BCUT2D eigenvalue weighted by Crippen LogP contribution is 2.28. The van der Waals surface area contributed by atoms with E-state index in [-0.39, 0.29) is 5.91 Å². The number of carbonyl (C=O) groups is 1. The van der Waals surface area contributed by atoms with Crippen LogP contribution in [0, 0.1) is 12.8 Å². The number of carbonyl (C=O) groups excluding carboxylic acids is 1. The van der Waals surface area contributed by atoms with E-state index in [1.165, 1.54) is 16.6 Å². The van der Waals surface area contributed by atoms with Crippen LogP contribution < -0.4 is 5.32 Å². The van der Waals surface area contributed by atoms with E-state index >= 15 is 0 Å². The van der Waals surface area contributed by atoms with Gasteiger partial charge in [0.25, 0.3) is 0 Å². The molecule has 1 heterocycles. The van der Waals surface area contributed by atoms with Crippen molar-refractivity contribution in [2.45, 2.75) is 32.7 Å². The van der Waals surface area contributed by atoms with Crippen molar-refractivity contribution in [3.63, 3.8) is 0 Å². The molecule has 1 aromatic carbocycles. The van der Waals surface area contributed by atoms with E-state index in [2.05, 4.69) is 47.1 Å². The molecule has 0 spiro atoms. The first-order valence-corrected chi connectivity index (χ1v) is 7.08. The average molecular weight is 256 g/mol. The van der Waals surface area contributed by atoms with Gasteiger partial charge in [-0.25, -0.2) is 0 Å². The standard InChI is InChI=1S/C16H20N2O/c1-12-11-14-5-2-3-6-15(14)18(12)10-4-9-17-16(19)13-7-8-13/h2-3,5-6,11,13H,4,7-10H2,1H3,(H,17,19). The smallest absolute Gasteiger partial charge is 0.223 e. The number of nitrogens with zero attached hydrogens (tertiary/aromatic N) is 1. The monoisotopic (exact) mass is 256 g/mol. The first-order valence-electron chi connectivity index (χ1n) is 7.08. The molecule has 1 aliphatic rings. The van der Waals surface area contributed by atoms with E-state index in [1.54, 1.807) is 0 Å². The minimum atomic E-state index is 0.245. The van der Waals surface area contributed by atoms with Crippen molar-refractivity contribution < 1.29 is 4.79 Å². The van der Waals surface area contributed by atoms with Gasteiger partial charge in [-0.2, -0.15) is 0 Å². The molecule has 3 heteroatoms. The van der Waals surface area contributed by atoms with Crippen molar-refractivity contribution in [1.29, 1.82) is 0 Å². The molecule has 1 amide bonds. The van der Waals surface area contributed by atoms with E-state index in [4.69, 9.17) is 0 Å². The normalized spacial score (nSPS) is 14.8. The summed E-state index contributed by atoms with van der Waals surface area (Å²) in [4.78, 5) is 11.5. The predicted molar refractivity (Wildman–Crippen MR) is 77.0 cm³/mol. The third-order valence-corrected chi connectivity index (χ3v) is 3.82. The summed E-state index contributed by atoms with van der Waals surface area (Å²) in [7, 11) is 0. The number of amides is 1. The SMILES string of the molecule is Cc1cc2ccccc2n1CCCNC(=O)C1CC1. The Morgan fingerprint density at radius 1 is 1.37 bits per heavy atom. The maximum absolute atomic E-state index is 11.5. The summed E-state index contributed by atoms with van der Waals surface area (Å²) in [6.45, 7) is 3.88. The second-order valence-corrected chi connectivity index (χ2v) is 5.42. The second kappa shape index (κ2) is 5.08. The molecule has 2 aromatic rings. The van der Waals surface area contributed by atoms with Crippen LogP contribution in [0.15, 0.2) is 30.3 Å². The first kappa shape index (κ1) is 12.3. The maximum Gasteiger partial charge on any atom is 0.223 e. The highest BCUT2D eigenvalue weighted by Gasteiger charge is 2.28. The van der Waals surface area contributed by atoms with Crippen molar-refractivity contribution >= 4 is 16.8 Å². The Kier molecular flexibility index (Phi) is 3.28. The lowest BCUT2D eigenvalue weighted by atomic mass is 10.2. The maximum atomic E-state index is 11.5. The van der Waals surface area contributed by atoms with Gasteiger partial charge in [0, 0.05) is 30.2 Å². The Morgan fingerprint density at radius 2 is 2.16 bits per heavy atom. The fourth-order valence-electron chi connectivity index (χ4n) is 2.58. The van der Waals surface area contributed by atoms with E-state index in [0.717, 1.165) is 32.4 Å². The van der Waals surface area contributed by atoms with Crippen molar-refractivity contribution in [2.24, 2.45) is 5.92 Å². The lowest BCUT2D eigenvalue weighted by Gasteiger charge is -2.09. The van der Waals surface area contributed by atoms with Crippen LogP contribution in [-0.4, -0.2) is 17.0 Å². The number of benzene rings is 1. The molecule has 1 N–H and O–H groups in total. The number of aromatic nitrogens is 1. The molecule has 0 unspecified atom stereocenters. The van der Waals surface area contributed by atoms with Crippen molar-refractivity contribution in [1.82, 2.24) is 9.88 Å². The Balaban J connectivity index is 1.58. The van der Waals surface area contributed by atoms with Crippen LogP contribution in [0.2, 0.25) is 0 Å². The molecule has 0 saturated heterocycles.